The lowest BCUT2D eigenvalue weighted by Gasteiger charge is -2.18. The Morgan fingerprint density at radius 2 is 2.20 bits per heavy atom. The van der Waals surface area contributed by atoms with Gasteiger partial charge < -0.3 is 15.2 Å². The number of nitrogens with one attached hydrogen (secondary N) is 1. The molecule has 5 heteroatoms. The van der Waals surface area contributed by atoms with Crippen LogP contribution in [-0.2, 0) is 4.79 Å². The van der Waals surface area contributed by atoms with Crippen LogP contribution in [0.3, 0.4) is 0 Å². The summed E-state index contributed by atoms with van der Waals surface area (Å²) in [6.07, 6.45) is 0.451. The number of halogens is 1. The molecule has 2 N–H and O–H groups in total. The third kappa shape index (κ3) is 2.77. The number of carboxylic acid groups (broad SMARTS) is 1. The molecule has 0 radical (unpaired) electrons. The van der Waals surface area contributed by atoms with Gasteiger partial charge in [0.05, 0.1) is 13.0 Å². The van der Waals surface area contributed by atoms with Gasteiger partial charge in [0.25, 0.3) is 0 Å². The quantitative estimate of drug-likeness (QED) is 0.891. The van der Waals surface area contributed by atoms with Crippen LogP contribution in [0.1, 0.15) is 43.4 Å². The van der Waals surface area contributed by atoms with Gasteiger partial charge >= 0.3 is 5.97 Å². The van der Waals surface area contributed by atoms with E-state index in [2.05, 4.69) is 5.32 Å². The summed E-state index contributed by atoms with van der Waals surface area (Å²) in [5, 5.41) is 12.2. The first-order valence-corrected chi connectivity index (χ1v) is 6.77. The third-order valence-electron chi connectivity index (χ3n) is 3.82. The van der Waals surface area contributed by atoms with Gasteiger partial charge in [-0.25, -0.2) is 4.39 Å². The lowest BCUT2D eigenvalue weighted by molar-refractivity contribution is -0.141. The van der Waals surface area contributed by atoms with Crippen molar-refractivity contribution in [2.45, 2.75) is 32.2 Å². The molecule has 1 aliphatic rings. The molecule has 1 saturated heterocycles. The van der Waals surface area contributed by atoms with E-state index in [0.717, 1.165) is 5.56 Å². The Bertz CT molecular complexity index is 516. The number of methoxy groups -OCH3 is 1. The van der Waals surface area contributed by atoms with E-state index in [0.29, 0.717) is 18.5 Å². The molecule has 1 heterocycles. The number of ether oxygens (including phenoxy) is 1. The first-order chi connectivity index (χ1) is 9.43. The summed E-state index contributed by atoms with van der Waals surface area (Å²) < 4.78 is 19.3. The predicted molar refractivity (Wildman–Crippen MR) is 73.5 cm³/mol. The van der Waals surface area contributed by atoms with Crippen molar-refractivity contribution in [2.24, 2.45) is 5.92 Å². The highest BCUT2D eigenvalue weighted by molar-refractivity contribution is 5.71. The van der Waals surface area contributed by atoms with Gasteiger partial charge in [-0.15, -0.1) is 0 Å². The van der Waals surface area contributed by atoms with E-state index in [-0.39, 0.29) is 17.7 Å². The molecule has 2 rings (SSSR count). The second-order valence-electron chi connectivity index (χ2n) is 5.51. The van der Waals surface area contributed by atoms with Crippen LogP contribution in [0.25, 0.3) is 0 Å². The molecule has 0 saturated carbocycles. The van der Waals surface area contributed by atoms with Gasteiger partial charge in [0.2, 0.25) is 0 Å². The van der Waals surface area contributed by atoms with Gasteiger partial charge in [-0.3, -0.25) is 4.79 Å². The number of aliphatic carboxylic acids is 1. The maximum Gasteiger partial charge on any atom is 0.307 e. The fourth-order valence-electron chi connectivity index (χ4n) is 2.60. The van der Waals surface area contributed by atoms with Crippen molar-refractivity contribution in [1.29, 1.82) is 0 Å². The van der Waals surface area contributed by atoms with Crippen LogP contribution in [0.4, 0.5) is 4.39 Å². The number of hydrogen-bond donors (Lipinski definition) is 2. The highest BCUT2D eigenvalue weighted by atomic mass is 19.1. The average molecular weight is 281 g/mol. The highest BCUT2D eigenvalue weighted by Crippen LogP contribution is 2.37. The monoisotopic (exact) mass is 281 g/mol. The minimum Gasteiger partial charge on any atom is -0.493 e. The van der Waals surface area contributed by atoms with Gasteiger partial charge in [-0.2, -0.15) is 0 Å². The SMILES string of the molecule is COc1c(F)cc(C(C)C)cc1C1CC(C(=O)O)CN1. The molecule has 0 aromatic heterocycles. The molecule has 2 atom stereocenters. The van der Waals surface area contributed by atoms with Crippen LogP contribution in [0.5, 0.6) is 5.75 Å². The smallest absolute Gasteiger partial charge is 0.307 e. The molecule has 20 heavy (non-hydrogen) atoms. The molecule has 2 unspecified atom stereocenters. The summed E-state index contributed by atoms with van der Waals surface area (Å²) in [5.41, 5.74) is 1.60. The van der Waals surface area contributed by atoms with E-state index < -0.39 is 17.7 Å². The van der Waals surface area contributed by atoms with Gasteiger partial charge in [-0.1, -0.05) is 19.9 Å². The predicted octanol–water partition coefficient (Wildman–Crippen LogP) is 2.69. The normalized spacial score (nSPS) is 22.2. The number of carboxylic acids is 1. The van der Waals surface area contributed by atoms with E-state index in [1.807, 2.05) is 19.9 Å². The van der Waals surface area contributed by atoms with Gasteiger partial charge in [0.1, 0.15) is 0 Å². The fourth-order valence-corrected chi connectivity index (χ4v) is 2.60. The van der Waals surface area contributed by atoms with E-state index in [4.69, 9.17) is 9.84 Å². The molecule has 0 aliphatic carbocycles. The van der Waals surface area contributed by atoms with Crippen LogP contribution in [0, 0.1) is 11.7 Å². The Morgan fingerprint density at radius 1 is 1.50 bits per heavy atom. The zero-order valence-electron chi connectivity index (χ0n) is 11.9. The minimum absolute atomic E-state index is 0.181. The number of carbonyl (C=O) groups is 1. The van der Waals surface area contributed by atoms with Crippen LogP contribution in [-0.4, -0.2) is 24.7 Å². The Hall–Kier alpha value is -1.62. The second-order valence-corrected chi connectivity index (χ2v) is 5.51. The Morgan fingerprint density at radius 3 is 2.70 bits per heavy atom. The van der Waals surface area contributed by atoms with E-state index in [1.54, 1.807) is 0 Å². The molecule has 1 fully saturated rings. The summed E-state index contributed by atoms with van der Waals surface area (Å²) in [6, 6.07) is 3.21. The molecule has 0 amide bonds. The molecule has 1 aromatic carbocycles. The fraction of sp³-hybridized carbons (Fsp3) is 0.533. The summed E-state index contributed by atoms with van der Waals surface area (Å²) in [7, 11) is 1.43. The van der Waals surface area contributed by atoms with Gasteiger partial charge in [0, 0.05) is 18.2 Å². The van der Waals surface area contributed by atoms with Crippen LogP contribution >= 0.6 is 0 Å². The number of benzene rings is 1. The van der Waals surface area contributed by atoms with Crippen molar-refractivity contribution >= 4 is 5.97 Å². The lowest BCUT2D eigenvalue weighted by Crippen LogP contribution is -2.17. The maximum atomic E-state index is 14.1. The van der Waals surface area contributed by atoms with E-state index in [9.17, 15) is 9.18 Å². The number of rotatable bonds is 4. The molecular formula is C15H20FNO3. The lowest BCUT2D eigenvalue weighted by atomic mass is 9.94. The van der Waals surface area contributed by atoms with Gasteiger partial charge in [0.15, 0.2) is 11.6 Å². The molecule has 110 valence electrons. The highest BCUT2D eigenvalue weighted by Gasteiger charge is 2.32. The Kier molecular flexibility index (Phi) is 4.28. The molecule has 0 spiro atoms. The molecule has 1 aliphatic heterocycles. The molecule has 1 aromatic rings. The molecular weight excluding hydrogens is 261 g/mol. The molecule has 0 bridgehead atoms. The van der Waals surface area contributed by atoms with Crippen molar-refractivity contribution < 1.29 is 19.0 Å². The van der Waals surface area contributed by atoms with Crippen LogP contribution in [0.15, 0.2) is 12.1 Å². The van der Waals surface area contributed by atoms with Crippen molar-refractivity contribution in [2.75, 3.05) is 13.7 Å². The summed E-state index contributed by atoms with van der Waals surface area (Å²) >= 11 is 0. The standard InChI is InChI=1S/C15H20FNO3/c1-8(2)9-4-11(14(20-3)12(16)5-9)13-6-10(7-17-13)15(18)19/h4-5,8,10,13,17H,6-7H2,1-3H3,(H,18,19). The van der Waals surface area contributed by atoms with Crippen molar-refractivity contribution in [1.82, 2.24) is 5.32 Å². The zero-order valence-corrected chi connectivity index (χ0v) is 11.9. The topological polar surface area (TPSA) is 58.6 Å². The van der Waals surface area contributed by atoms with Crippen molar-refractivity contribution in [3.05, 3.63) is 29.1 Å². The van der Waals surface area contributed by atoms with Crippen molar-refractivity contribution in [3.63, 3.8) is 0 Å². The minimum atomic E-state index is -0.820. The largest absolute Gasteiger partial charge is 0.493 e. The summed E-state index contributed by atoms with van der Waals surface area (Å²) in [6.45, 7) is 4.39. The van der Waals surface area contributed by atoms with Crippen LogP contribution in [0.2, 0.25) is 0 Å². The Labute approximate surface area is 117 Å². The van der Waals surface area contributed by atoms with Gasteiger partial charge in [-0.05, 0) is 24.0 Å². The maximum absolute atomic E-state index is 14.1. The second kappa shape index (κ2) is 5.79. The molecule has 4 nitrogen and oxygen atoms in total. The summed E-state index contributed by atoms with van der Waals surface area (Å²) in [4.78, 5) is 11.0. The van der Waals surface area contributed by atoms with E-state index >= 15 is 0 Å². The zero-order chi connectivity index (χ0) is 14.9. The first kappa shape index (κ1) is 14.8. The average Bonchev–Trinajstić information content (AvgIpc) is 2.87. The van der Waals surface area contributed by atoms with E-state index in [1.165, 1.54) is 13.2 Å². The number of hydrogen-bond acceptors (Lipinski definition) is 3. The summed E-state index contributed by atoms with van der Waals surface area (Å²) in [5.74, 6) is -1.24. The van der Waals surface area contributed by atoms with Crippen LogP contribution < -0.4 is 10.1 Å². The Balaban J connectivity index is 2.37. The third-order valence-corrected chi connectivity index (χ3v) is 3.82. The van der Waals surface area contributed by atoms with Crippen molar-refractivity contribution in [3.8, 4) is 5.75 Å². The first-order valence-electron chi connectivity index (χ1n) is 6.77.